The number of aromatic nitrogens is 1. The molecule has 2 rings (SSSR count). The van der Waals surface area contributed by atoms with Gasteiger partial charge < -0.3 is 0 Å². The zero-order valence-electron chi connectivity index (χ0n) is 10.1. The van der Waals surface area contributed by atoms with E-state index in [4.69, 9.17) is 0 Å². The van der Waals surface area contributed by atoms with Gasteiger partial charge in [-0.2, -0.15) is 5.10 Å². The van der Waals surface area contributed by atoms with Gasteiger partial charge in [-0.15, -0.1) is 11.3 Å². The SMILES string of the molecule is Cc1csc(NN=Cc2ccccc2CCF)n1. The number of halogens is 1. The van der Waals surface area contributed by atoms with Crippen LogP contribution in [0.3, 0.4) is 0 Å². The second-order valence-electron chi connectivity index (χ2n) is 3.80. The molecule has 5 heteroatoms. The van der Waals surface area contributed by atoms with Crippen LogP contribution < -0.4 is 5.43 Å². The summed E-state index contributed by atoms with van der Waals surface area (Å²) in [5.41, 5.74) is 5.72. The topological polar surface area (TPSA) is 37.3 Å². The van der Waals surface area contributed by atoms with Gasteiger partial charge in [0.15, 0.2) is 0 Å². The van der Waals surface area contributed by atoms with Crippen molar-refractivity contribution < 1.29 is 4.39 Å². The van der Waals surface area contributed by atoms with Crippen molar-refractivity contribution >= 4 is 22.7 Å². The fourth-order valence-electron chi connectivity index (χ4n) is 1.55. The predicted octanol–water partition coefficient (Wildman–Crippen LogP) is 3.41. The molecular formula is C13H14FN3S. The molecule has 1 aromatic heterocycles. The Kier molecular flexibility index (Phi) is 4.41. The quantitative estimate of drug-likeness (QED) is 0.663. The number of hydrogen-bond acceptors (Lipinski definition) is 4. The molecule has 0 amide bonds. The van der Waals surface area contributed by atoms with Gasteiger partial charge in [0.2, 0.25) is 5.13 Å². The van der Waals surface area contributed by atoms with Crippen molar-refractivity contribution in [3.63, 3.8) is 0 Å². The number of hydrogen-bond donors (Lipinski definition) is 1. The smallest absolute Gasteiger partial charge is 0.203 e. The normalized spacial score (nSPS) is 11.0. The highest BCUT2D eigenvalue weighted by atomic mass is 32.1. The highest BCUT2D eigenvalue weighted by Gasteiger charge is 1.99. The molecule has 0 saturated heterocycles. The van der Waals surface area contributed by atoms with Gasteiger partial charge in [-0.1, -0.05) is 24.3 Å². The summed E-state index contributed by atoms with van der Waals surface area (Å²) >= 11 is 1.50. The molecule has 0 atom stereocenters. The van der Waals surface area contributed by atoms with Crippen LogP contribution in [-0.4, -0.2) is 17.9 Å². The fraction of sp³-hybridized carbons (Fsp3) is 0.231. The number of nitrogens with one attached hydrogen (secondary N) is 1. The number of alkyl halides is 1. The molecule has 0 aliphatic carbocycles. The van der Waals surface area contributed by atoms with Crippen LogP contribution in [0.5, 0.6) is 0 Å². The van der Waals surface area contributed by atoms with Crippen molar-refractivity contribution in [2.75, 3.05) is 12.1 Å². The first-order valence-electron chi connectivity index (χ1n) is 5.64. The Morgan fingerprint density at radius 1 is 1.44 bits per heavy atom. The van der Waals surface area contributed by atoms with E-state index in [2.05, 4.69) is 15.5 Å². The van der Waals surface area contributed by atoms with Crippen LogP contribution in [0, 0.1) is 6.92 Å². The number of anilines is 1. The molecule has 1 aromatic carbocycles. The minimum absolute atomic E-state index is 0.357. The number of aryl methyl sites for hydroxylation is 2. The van der Waals surface area contributed by atoms with Crippen LogP contribution in [0.15, 0.2) is 34.7 Å². The summed E-state index contributed by atoms with van der Waals surface area (Å²) in [4.78, 5) is 4.23. The number of hydrazone groups is 1. The molecule has 2 aromatic rings. The average Bonchev–Trinajstić information content (AvgIpc) is 2.78. The van der Waals surface area contributed by atoms with E-state index in [0.717, 1.165) is 22.0 Å². The monoisotopic (exact) mass is 263 g/mol. The Morgan fingerprint density at radius 2 is 2.28 bits per heavy atom. The number of rotatable bonds is 5. The molecule has 0 aliphatic rings. The summed E-state index contributed by atoms with van der Waals surface area (Å²) in [5.74, 6) is 0. The van der Waals surface area contributed by atoms with Gasteiger partial charge >= 0.3 is 0 Å². The lowest BCUT2D eigenvalue weighted by molar-refractivity contribution is 0.495. The van der Waals surface area contributed by atoms with Crippen LogP contribution in [0.4, 0.5) is 9.52 Å². The summed E-state index contributed by atoms with van der Waals surface area (Å²) in [7, 11) is 0. The van der Waals surface area contributed by atoms with Crippen molar-refractivity contribution in [1.29, 1.82) is 0 Å². The van der Waals surface area contributed by atoms with E-state index >= 15 is 0 Å². The first-order chi connectivity index (χ1) is 8.79. The van der Waals surface area contributed by atoms with Gasteiger partial charge in [0.05, 0.1) is 18.6 Å². The summed E-state index contributed by atoms with van der Waals surface area (Å²) < 4.78 is 12.4. The molecule has 1 N–H and O–H groups in total. The Morgan fingerprint density at radius 3 is 3.00 bits per heavy atom. The van der Waals surface area contributed by atoms with Crippen molar-refractivity contribution in [2.24, 2.45) is 5.10 Å². The molecule has 3 nitrogen and oxygen atoms in total. The van der Waals surface area contributed by atoms with E-state index in [-0.39, 0.29) is 6.67 Å². The third kappa shape index (κ3) is 3.37. The molecule has 0 aliphatic heterocycles. The van der Waals surface area contributed by atoms with Crippen LogP contribution in [0.25, 0.3) is 0 Å². The van der Waals surface area contributed by atoms with E-state index in [0.29, 0.717) is 6.42 Å². The fourth-order valence-corrected chi connectivity index (χ4v) is 2.19. The highest BCUT2D eigenvalue weighted by molar-refractivity contribution is 7.13. The second kappa shape index (κ2) is 6.26. The number of thiazole rings is 1. The number of benzene rings is 1. The highest BCUT2D eigenvalue weighted by Crippen LogP contribution is 2.14. The lowest BCUT2D eigenvalue weighted by Crippen LogP contribution is -1.96. The maximum atomic E-state index is 12.4. The van der Waals surface area contributed by atoms with Gasteiger partial charge in [-0.25, -0.2) is 4.98 Å². The van der Waals surface area contributed by atoms with E-state index in [1.165, 1.54) is 11.3 Å². The van der Waals surface area contributed by atoms with E-state index in [9.17, 15) is 4.39 Å². The molecular weight excluding hydrogens is 249 g/mol. The van der Waals surface area contributed by atoms with E-state index in [1.54, 1.807) is 6.21 Å². The van der Waals surface area contributed by atoms with Crippen molar-refractivity contribution in [2.45, 2.75) is 13.3 Å². The molecule has 1 heterocycles. The summed E-state index contributed by atoms with van der Waals surface area (Å²) in [6, 6.07) is 7.65. The lowest BCUT2D eigenvalue weighted by Gasteiger charge is -2.02. The Bertz CT molecular complexity index is 537. The lowest BCUT2D eigenvalue weighted by atomic mass is 10.1. The van der Waals surface area contributed by atoms with Crippen molar-refractivity contribution in [1.82, 2.24) is 4.98 Å². The molecule has 0 bridgehead atoms. The van der Waals surface area contributed by atoms with E-state index in [1.807, 2.05) is 36.6 Å². The largest absolute Gasteiger partial charge is 0.253 e. The first-order valence-corrected chi connectivity index (χ1v) is 6.52. The molecule has 0 saturated carbocycles. The standard InChI is InChI=1S/C13H14FN3S/c1-10-9-18-13(16-10)17-15-8-12-5-3-2-4-11(12)6-7-14/h2-5,8-9H,6-7H2,1H3,(H,16,17). The van der Waals surface area contributed by atoms with Gasteiger partial charge in [0.25, 0.3) is 0 Å². The van der Waals surface area contributed by atoms with Gasteiger partial charge in [0, 0.05) is 11.8 Å². The summed E-state index contributed by atoms with van der Waals surface area (Å²) in [6.07, 6.45) is 2.11. The third-order valence-corrected chi connectivity index (χ3v) is 3.27. The third-order valence-electron chi connectivity index (χ3n) is 2.40. The molecule has 0 radical (unpaired) electrons. The molecule has 0 spiro atoms. The zero-order valence-corrected chi connectivity index (χ0v) is 10.9. The number of nitrogens with zero attached hydrogens (tertiary/aromatic N) is 2. The maximum Gasteiger partial charge on any atom is 0.203 e. The average molecular weight is 263 g/mol. The van der Waals surface area contributed by atoms with Crippen molar-refractivity contribution in [3.8, 4) is 0 Å². The van der Waals surface area contributed by atoms with Crippen LogP contribution in [0.2, 0.25) is 0 Å². The first kappa shape index (κ1) is 12.7. The van der Waals surface area contributed by atoms with Gasteiger partial charge in [-0.3, -0.25) is 9.82 Å². The molecule has 0 fully saturated rings. The van der Waals surface area contributed by atoms with Gasteiger partial charge in [0.1, 0.15) is 0 Å². The Balaban J connectivity index is 2.04. The summed E-state index contributed by atoms with van der Waals surface area (Å²) in [5, 5.41) is 6.83. The Hall–Kier alpha value is -1.75. The van der Waals surface area contributed by atoms with Gasteiger partial charge in [-0.05, 0) is 18.1 Å². The minimum atomic E-state index is -0.357. The van der Waals surface area contributed by atoms with Crippen LogP contribution in [-0.2, 0) is 6.42 Å². The minimum Gasteiger partial charge on any atom is -0.253 e. The van der Waals surface area contributed by atoms with Crippen LogP contribution >= 0.6 is 11.3 Å². The summed E-state index contributed by atoms with van der Waals surface area (Å²) in [6.45, 7) is 1.58. The van der Waals surface area contributed by atoms with E-state index < -0.39 is 0 Å². The Labute approximate surface area is 109 Å². The second-order valence-corrected chi connectivity index (χ2v) is 4.66. The maximum absolute atomic E-state index is 12.4. The predicted molar refractivity (Wildman–Crippen MR) is 74.2 cm³/mol. The zero-order chi connectivity index (χ0) is 12.8. The molecule has 94 valence electrons. The molecule has 0 unspecified atom stereocenters. The van der Waals surface area contributed by atoms with Crippen molar-refractivity contribution in [3.05, 3.63) is 46.5 Å². The molecule has 18 heavy (non-hydrogen) atoms. The van der Waals surface area contributed by atoms with Crippen LogP contribution in [0.1, 0.15) is 16.8 Å².